The van der Waals surface area contributed by atoms with Crippen LogP contribution < -0.4 is 5.73 Å². The normalized spacial score (nSPS) is 10.1. The molecule has 0 aromatic carbocycles. The first-order valence-electron chi connectivity index (χ1n) is 5.18. The molecule has 0 saturated heterocycles. The van der Waals surface area contributed by atoms with E-state index in [-0.39, 0.29) is 12.5 Å². The Balaban J connectivity index is 3.79. The van der Waals surface area contributed by atoms with E-state index in [2.05, 4.69) is 13.8 Å². The van der Waals surface area contributed by atoms with Crippen molar-refractivity contribution in [3.8, 4) is 0 Å². The Labute approximate surface area is 81.3 Å². The molecule has 13 heavy (non-hydrogen) atoms. The summed E-state index contributed by atoms with van der Waals surface area (Å²) in [6, 6.07) is 0. The van der Waals surface area contributed by atoms with Crippen molar-refractivity contribution in [1.29, 1.82) is 0 Å². The summed E-state index contributed by atoms with van der Waals surface area (Å²) in [4.78, 5) is 13.1. The molecule has 0 fully saturated rings. The van der Waals surface area contributed by atoms with E-state index in [9.17, 15) is 4.79 Å². The molecule has 0 spiro atoms. The second-order valence-corrected chi connectivity index (χ2v) is 3.26. The van der Waals surface area contributed by atoms with Gasteiger partial charge in [0, 0.05) is 13.1 Å². The SMILES string of the molecule is CCCCN(CCCC)C(=O)C[NH]. The van der Waals surface area contributed by atoms with Crippen LogP contribution in [0.25, 0.3) is 0 Å². The lowest BCUT2D eigenvalue weighted by molar-refractivity contribution is -0.129. The molecule has 0 bridgehead atoms. The van der Waals surface area contributed by atoms with E-state index in [1.54, 1.807) is 0 Å². The number of nitrogens with zero attached hydrogens (tertiary/aromatic N) is 1. The Morgan fingerprint density at radius 2 is 1.62 bits per heavy atom. The summed E-state index contributed by atoms with van der Waals surface area (Å²) in [6.07, 6.45) is 4.31. The van der Waals surface area contributed by atoms with E-state index in [1.165, 1.54) is 0 Å². The molecule has 0 aliphatic rings. The minimum Gasteiger partial charge on any atom is -0.342 e. The van der Waals surface area contributed by atoms with Gasteiger partial charge in [-0.3, -0.25) is 4.79 Å². The standard InChI is InChI=1S/C10H21N2O/c1-3-5-7-12(8-6-4-2)10(13)9-11/h11H,3-9H2,1-2H3. The molecule has 0 aliphatic carbocycles. The minimum absolute atomic E-state index is 0.0260. The topological polar surface area (TPSA) is 44.1 Å². The fourth-order valence-corrected chi connectivity index (χ4v) is 1.17. The number of unbranched alkanes of at least 4 members (excludes halogenated alkanes) is 2. The smallest absolute Gasteiger partial charge is 0.237 e. The Hall–Kier alpha value is -0.570. The molecule has 1 radical (unpaired) electrons. The number of hydrogen-bond donors (Lipinski definition) is 0. The zero-order valence-electron chi connectivity index (χ0n) is 8.81. The van der Waals surface area contributed by atoms with E-state index < -0.39 is 0 Å². The second kappa shape index (κ2) is 8.05. The van der Waals surface area contributed by atoms with Gasteiger partial charge >= 0.3 is 0 Å². The lowest BCUT2D eigenvalue weighted by atomic mass is 10.2. The van der Waals surface area contributed by atoms with Crippen LogP contribution in [0.2, 0.25) is 0 Å². The molecule has 3 nitrogen and oxygen atoms in total. The van der Waals surface area contributed by atoms with Crippen LogP contribution in [0.4, 0.5) is 0 Å². The van der Waals surface area contributed by atoms with Gasteiger partial charge in [-0.2, -0.15) is 0 Å². The van der Waals surface area contributed by atoms with E-state index in [0.29, 0.717) is 0 Å². The Morgan fingerprint density at radius 3 is 1.92 bits per heavy atom. The summed E-state index contributed by atoms with van der Waals surface area (Å²) in [6.45, 7) is 5.78. The number of rotatable bonds is 7. The van der Waals surface area contributed by atoms with Gasteiger partial charge in [-0.05, 0) is 12.8 Å². The third kappa shape index (κ3) is 5.64. The fraction of sp³-hybridized carbons (Fsp3) is 0.900. The summed E-state index contributed by atoms with van der Waals surface area (Å²) in [5.74, 6) is -0.0260. The van der Waals surface area contributed by atoms with Crippen LogP contribution >= 0.6 is 0 Å². The zero-order chi connectivity index (χ0) is 10.1. The first-order chi connectivity index (χ1) is 6.26. The number of hydrogen-bond acceptors (Lipinski definition) is 1. The molecule has 0 atom stereocenters. The highest BCUT2D eigenvalue weighted by atomic mass is 16.2. The van der Waals surface area contributed by atoms with Gasteiger partial charge in [0.1, 0.15) is 0 Å². The fourth-order valence-electron chi connectivity index (χ4n) is 1.17. The number of carbonyl (C=O) groups is 1. The number of amides is 1. The molecule has 0 unspecified atom stereocenters. The minimum atomic E-state index is -0.104. The van der Waals surface area contributed by atoms with E-state index >= 15 is 0 Å². The van der Waals surface area contributed by atoms with Crippen molar-refractivity contribution in [2.75, 3.05) is 19.6 Å². The van der Waals surface area contributed by atoms with E-state index in [4.69, 9.17) is 5.73 Å². The highest BCUT2D eigenvalue weighted by molar-refractivity contribution is 5.77. The van der Waals surface area contributed by atoms with Gasteiger partial charge in [-0.15, -0.1) is 0 Å². The molecule has 0 saturated carbocycles. The predicted molar refractivity (Wildman–Crippen MR) is 54.4 cm³/mol. The van der Waals surface area contributed by atoms with Crippen LogP contribution in [0, 0.1) is 0 Å². The van der Waals surface area contributed by atoms with E-state index in [0.717, 1.165) is 38.8 Å². The van der Waals surface area contributed by atoms with Crippen LogP contribution in [0.3, 0.4) is 0 Å². The second-order valence-electron chi connectivity index (χ2n) is 3.26. The van der Waals surface area contributed by atoms with Crippen molar-refractivity contribution in [3.63, 3.8) is 0 Å². The third-order valence-electron chi connectivity index (χ3n) is 2.07. The van der Waals surface area contributed by atoms with Crippen LogP contribution in [0.1, 0.15) is 39.5 Å². The van der Waals surface area contributed by atoms with Gasteiger partial charge in [-0.1, -0.05) is 26.7 Å². The summed E-state index contributed by atoms with van der Waals surface area (Å²) in [5, 5.41) is 0. The highest BCUT2D eigenvalue weighted by Gasteiger charge is 2.09. The molecule has 77 valence electrons. The quantitative estimate of drug-likeness (QED) is 0.595. The van der Waals surface area contributed by atoms with Crippen LogP contribution in [0.5, 0.6) is 0 Å². The molecule has 1 amide bonds. The summed E-state index contributed by atoms with van der Waals surface area (Å²) < 4.78 is 0. The maximum Gasteiger partial charge on any atom is 0.237 e. The summed E-state index contributed by atoms with van der Waals surface area (Å²) in [7, 11) is 0. The molecular formula is C10H21N2O. The average molecular weight is 185 g/mol. The first-order valence-corrected chi connectivity index (χ1v) is 5.18. The van der Waals surface area contributed by atoms with Gasteiger partial charge < -0.3 is 4.90 Å². The Bertz CT molecular complexity index is 129. The molecule has 0 aromatic heterocycles. The van der Waals surface area contributed by atoms with Gasteiger partial charge in [0.05, 0.1) is 6.54 Å². The van der Waals surface area contributed by atoms with Crippen molar-refractivity contribution >= 4 is 5.91 Å². The maximum absolute atomic E-state index is 11.3. The van der Waals surface area contributed by atoms with Crippen molar-refractivity contribution in [3.05, 3.63) is 0 Å². The largest absolute Gasteiger partial charge is 0.342 e. The van der Waals surface area contributed by atoms with Gasteiger partial charge in [0.2, 0.25) is 5.91 Å². The molecule has 0 rings (SSSR count). The number of carbonyl (C=O) groups excluding carboxylic acids is 1. The lowest BCUT2D eigenvalue weighted by Crippen LogP contribution is -2.35. The molecule has 1 N–H and O–H groups in total. The monoisotopic (exact) mass is 185 g/mol. The van der Waals surface area contributed by atoms with Crippen LogP contribution in [-0.4, -0.2) is 30.4 Å². The maximum atomic E-state index is 11.3. The van der Waals surface area contributed by atoms with Gasteiger partial charge in [-0.25, -0.2) is 5.73 Å². The van der Waals surface area contributed by atoms with Crippen molar-refractivity contribution in [2.45, 2.75) is 39.5 Å². The first kappa shape index (κ1) is 12.4. The van der Waals surface area contributed by atoms with Crippen molar-refractivity contribution in [1.82, 2.24) is 10.6 Å². The van der Waals surface area contributed by atoms with Crippen LogP contribution in [-0.2, 0) is 4.79 Å². The third-order valence-corrected chi connectivity index (χ3v) is 2.07. The lowest BCUT2D eigenvalue weighted by Gasteiger charge is -2.21. The molecular weight excluding hydrogens is 164 g/mol. The van der Waals surface area contributed by atoms with Gasteiger partial charge in [0.25, 0.3) is 0 Å². The number of nitrogens with one attached hydrogen (secondary N) is 1. The van der Waals surface area contributed by atoms with Gasteiger partial charge in [0.15, 0.2) is 0 Å². The van der Waals surface area contributed by atoms with Crippen molar-refractivity contribution < 1.29 is 4.79 Å². The zero-order valence-corrected chi connectivity index (χ0v) is 8.81. The van der Waals surface area contributed by atoms with Crippen LogP contribution in [0.15, 0.2) is 0 Å². The highest BCUT2D eigenvalue weighted by Crippen LogP contribution is 1.99. The Morgan fingerprint density at radius 1 is 1.15 bits per heavy atom. The molecule has 0 heterocycles. The molecule has 0 aliphatic heterocycles. The summed E-state index contributed by atoms with van der Waals surface area (Å²) in [5.41, 5.74) is 7.02. The predicted octanol–water partition coefficient (Wildman–Crippen LogP) is 1.70. The molecule has 0 aromatic rings. The Kier molecular flexibility index (Phi) is 7.69. The van der Waals surface area contributed by atoms with E-state index in [1.807, 2.05) is 4.90 Å². The average Bonchev–Trinajstić information content (AvgIpc) is 2.17. The summed E-state index contributed by atoms with van der Waals surface area (Å²) >= 11 is 0. The van der Waals surface area contributed by atoms with Crippen molar-refractivity contribution in [2.24, 2.45) is 0 Å². The molecule has 3 heteroatoms.